The molecule has 0 bridgehead atoms. The van der Waals surface area contributed by atoms with Crippen molar-refractivity contribution in [2.24, 2.45) is 0 Å². The monoisotopic (exact) mass is 297 g/mol. The number of hydrogen-bond acceptors (Lipinski definition) is 3. The zero-order valence-electron chi connectivity index (χ0n) is 11.8. The lowest BCUT2D eigenvalue weighted by Gasteiger charge is -2.08. The lowest BCUT2D eigenvalue weighted by atomic mass is 9.97. The summed E-state index contributed by atoms with van der Waals surface area (Å²) in [6.07, 6.45) is 0. The minimum absolute atomic E-state index is 0.484. The van der Waals surface area contributed by atoms with E-state index >= 15 is 0 Å². The molecule has 0 aliphatic rings. The van der Waals surface area contributed by atoms with Gasteiger partial charge in [-0.15, -0.1) is 11.3 Å². The van der Waals surface area contributed by atoms with Gasteiger partial charge in [-0.2, -0.15) is 0 Å². The van der Waals surface area contributed by atoms with Crippen molar-refractivity contribution in [2.75, 3.05) is 0 Å². The number of aryl methyl sites for hydroxylation is 1. The molecule has 0 aliphatic heterocycles. The number of aromatic nitrogens is 1. The summed E-state index contributed by atoms with van der Waals surface area (Å²) < 4.78 is 1.19. The van der Waals surface area contributed by atoms with Crippen molar-refractivity contribution in [1.82, 2.24) is 4.98 Å². The third-order valence-corrected chi connectivity index (χ3v) is 4.56. The molecule has 2 aromatic carbocycles. The lowest BCUT2D eigenvalue weighted by molar-refractivity contribution is -0.138. The molecule has 1 N–H and O–H groups in total. The number of fused-ring (bicyclic) bond motifs is 1. The smallest absolute Gasteiger partial charge is 0.310 e. The predicted molar refractivity (Wildman–Crippen MR) is 85.8 cm³/mol. The van der Waals surface area contributed by atoms with Crippen LogP contribution in [0.25, 0.3) is 21.3 Å². The highest BCUT2D eigenvalue weighted by Crippen LogP contribution is 2.28. The summed E-state index contributed by atoms with van der Waals surface area (Å²) in [5.74, 6) is -1.29. The van der Waals surface area contributed by atoms with Crippen LogP contribution in [0.3, 0.4) is 0 Å². The maximum Gasteiger partial charge on any atom is 0.310 e. The molecule has 1 atom stereocenters. The minimum Gasteiger partial charge on any atom is -0.481 e. The molecule has 3 nitrogen and oxygen atoms in total. The Kier molecular flexibility index (Phi) is 3.47. The van der Waals surface area contributed by atoms with Gasteiger partial charge in [0.25, 0.3) is 0 Å². The lowest BCUT2D eigenvalue weighted by Crippen LogP contribution is -2.06. The molecule has 1 aromatic heterocycles. The number of carboxylic acid groups (broad SMARTS) is 1. The second-order valence-corrected chi connectivity index (χ2v) is 6.33. The van der Waals surface area contributed by atoms with Crippen LogP contribution < -0.4 is 0 Å². The van der Waals surface area contributed by atoms with E-state index in [9.17, 15) is 4.79 Å². The Balaban J connectivity index is 1.96. The number of rotatable bonds is 3. The Morgan fingerprint density at radius 3 is 2.48 bits per heavy atom. The number of aliphatic carboxylic acids is 1. The van der Waals surface area contributed by atoms with E-state index in [2.05, 4.69) is 23.2 Å². The zero-order chi connectivity index (χ0) is 15.0. The van der Waals surface area contributed by atoms with E-state index in [0.29, 0.717) is 0 Å². The number of carboxylic acids is 1. The van der Waals surface area contributed by atoms with Crippen molar-refractivity contribution in [3.8, 4) is 11.1 Å². The van der Waals surface area contributed by atoms with E-state index in [-0.39, 0.29) is 0 Å². The fraction of sp³-hybridized carbons (Fsp3) is 0.176. The molecule has 0 saturated heterocycles. The Labute approximate surface area is 126 Å². The van der Waals surface area contributed by atoms with E-state index in [0.717, 1.165) is 27.2 Å². The first kappa shape index (κ1) is 13.8. The van der Waals surface area contributed by atoms with Gasteiger partial charge in [-0.1, -0.05) is 30.3 Å². The molecule has 106 valence electrons. The molecule has 0 saturated carbocycles. The molecule has 1 heterocycles. The first-order valence-electron chi connectivity index (χ1n) is 6.75. The molecular weight excluding hydrogens is 282 g/mol. The molecule has 0 aliphatic carbocycles. The van der Waals surface area contributed by atoms with Gasteiger partial charge in [-0.3, -0.25) is 4.79 Å². The number of nitrogens with zero attached hydrogens (tertiary/aromatic N) is 1. The first-order chi connectivity index (χ1) is 10.0. The van der Waals surface area contributed by atoms with E-state index in [1.54, 1.807) is 18.3 Å². The highest BCUT2D eigenvalue weighted by Gasteiger charge is 2.13. The third kappa shape index (κ3) is 2.67. The van der Waals surface area contributed by atoms with Gasteiger partial charge >= 0.3 is 5.97 Å². The van der Waals surface area contributed by atoms with Crippen molar-refractivity contribution < 1.29 is 9.90 Å². The van der Waals surface area contributed by atoms with Gasteiger partial charge in [0, 0.05) is 0 Å². The van der Waals surface area contributed by atoms with Crippen LogP contribution in [-0.2, 0) is 4.79 Å². The molecule has 0 fully saturated rings. The Bertz CT molecular complexity index is 805. The summed E-state index contributed by atoms with van der Waals surface area (Å²) >= 11 is 1.69. The largest absolute Gasteiger partial charge is 0.481 e. The minimum atomic E-state index is -0.804. The average Bonchev–Trinajstić information content (AvgIpc) is 2.85. The van der Waals surface area contributed by atoms with Crippen molar-refractivity contribution in [2.45, 2.75) is 19.8 Å². The third-order valence-electron chi connectivity index (χ3n) is 3.61. The van der Waals surface area contributed by atoms with Crippen LogP contribution >= 0.6 is 11.3 Å². The molecule has 0 radical (unpaired) electrons. The average molecular weight is 297 g/mol. The fourth-order valence-electron chi connectivity index (χ4n) is 2.33. The van der Waals surface area contributed by atoms with E-state index in [1.165, 1.54) is 4.70 Å². The highest BCUT2D eigenvalue weighted by molar-refractivity contribution is 7.18. The fourth-order valence-corrected chi connectivity index (χ4v) is 3.14. The van der Waals surface area contributed by atoms with Crippen molar-refractivity contribution in [3.63, 3.8) is 0 Å². The predicted octanol–water partition coefficient (Wildman–Crippen LogP) is 4.46. The molecular formula is C17H15NO2S. The SMILES string of the molecule is Cc1nc2cc(-c3ccc(C(C)C(=O)O)cc3)ccc2s1. The van der Waals surface area contributed by atoms with E-state index in [1.807, 2.05) is 31.2 Å². The highest BCUT2D eigenvalue weighted by atomic mass is 32.1. The number of benzene rings is 2. The maximum absolute atomic E-state index is 11.0. The van der Waals surface area contributed by atoms with Crippen LogP contribution in [0.2, 0.25) is 0 Å². The van der Waals surface area contributed by atoms with E-state index in [4.69, 9.17) is 5.11 Å². The van der Waals surface area contributed by atoms with Gasteiger partial charge in [0.2, 0.25) is 0 Å². The standard InChI is InChI=1S/C17H15NO2S/c1-10(17(19)20)12-3-5-13(6-4-12)14-7-8-16-15(9-14)18-11(2)21-16/h3-10H,1-2H3,(H,19,20). The topological polar surface area (TPSA) is 50.2 Å². The summed E-state index contributed by atoms with van der Waals surface area (Å²) in [4.78, 5) is 15.5. The van der Waals surface area contributed by atoms with Gasteiger partial charge in [0.05, 0.1) is 21.1 Å². The quantitative estimate of drug-likeness (QED) is 0.776. The summed E-state index contributed by atoms with van der Waals surface area (Å²) in [5, 5.41) is 10.1. The normalized spacial score (nSPS) is 12.5. The molecule has 3 aromatic rings. The number of thiazole rings is 1. The van der Waals surface area contributed by atoms with E-state index < -0.39 is 11.9 Å². The molecule has 21 heavy (non-hydrogen) atoms. The number of hydrogen-bond donors (Lipinski definition) is 1. The van der Waals surface area contributed by atoms with Crippen LogP contribution in [0.1, 0.15) is 23.4 Å². The van der Waals surface area contributed by atoms with Crippen LogP contribution in [0.15, 0.2) is 42.5 Å². The van der Waals surface area contributed by atoms with Crippen molar-refractivity contribution in [3.05, 3.63) is 53.0 Å². The first-order valence-corrected chi connectivity index (χ1v) is 7.56. The molecule has 4 heteroatoms. The van der Waals surface area contributed by atoms with Gasteiger partial charge in [-0.25, -0.2) is 4.98 Å². The molecule has 1 unspecified atom stereocenters. The Morgan fingerprint density at radius 1 is 1.14 bits per heavy atom. The van der Waals surface area contributed by atoms with Crippen molar-refractivity contribution >= 4 is 27.5 Å². The summed E-state index contributed by atoms with van der Waals surface area (Å²) in [7, 11) is 0. The Morgan fingerprint density at radius 2 is 1.81 bits per heavy atom. The zero-order valence-corrected chi connectivity index (χ0v) is 12.6. The summed E-state index contributed by atoms with van der Waals surface area (Å²) in [5.41, 5.74) is 4.00. The molecule has 3 rings (SSSR count). The van der Waals surface area contributed by atoms with Crippen LogP contribution in [0.4, 0.5) is 0 Å². The number of carbonyl (C=O) groups is 1. The second kappa shape index (κ2) is 5.30. The molecule has 0 spiro atoms. The second-order valence-electron chi connectivity index (χ2n) is 5.10. The van der Waals surface area contributed by atoms with Crippen molar-refractivity contribution in [1.29, 1.82) is 0 Å². The van der Waals surface area contributed by atoms with Gasteiger partial charge < -0.3 is 5.11 Å². The van der Waals surface area contributed by atoms with Crippen LogP contribution in [-0.4, -0.2) is 16.1 Å². The van der Waals surface area contributed by atoms with Crippen LogP contribution in [0.5, 0.6) is 0 Å². The summed E-state index contributed by atoms with van der Waals surface area (Å²) in [6, 6.07) is 13.9. The van der Waals surface area contributed by atoms with Gasteiger partial charge in [0.1, 0.15) is 0 Å². The molecule has 0 amide bonds. The van der Waals surface area contributed by atoms with Crippen LogP contribution in [0, 0.1) is 6.92 Å². The summed E-state index contributed by atoms with van der Waals surface area (Å²) in [6.45, 7) is 3.70. The van der Waals surface area contributed by atoms with Gasteiger partial charge in [-0.05, 0) is 42.7 Å². The maximum atomic E-state index is 11.0. The van der Waals surface area contributed by atoms with Gasteiger partial charge in [0.15, 0.2) is 0 Å². The Hall–Kier alpha value is -2.20.